The van der Waals surface area contributed by atoms with E-state index in [4.69, 9.17) is 0 Å². The highest BCUT2D eigenvalue weighted by Gasteiger charge is 2.29. The van der Waals surface area contributed by atoms with Gasteiger partial charge in [-0.15, -0.1) is 0 Å². The molecular weight excluding hydrogens is 324 g/mol. The minimum absolute atomic E-state index is 0.0584. The second-order valence-electron chi connectivity index (χ2n) is 6.98. The van der Waals surface area contributed by atoms with Crippen molar-refractivity contribution < 1.29 is 13.2 Å². The first kappa shape index (κ1) is 17.4. The van der Waals surface area contributed by atoms with Crippen LogP contribution < -0.4 is 4.72 Å². The third-order valence-electron chi connectivity index (χ3n) is 4.98. The maximum atomic E-state index is 12.8. The number of hydrogen-bond acceptors (Lipinski definition) is 3. The summed E-state index contributed by atoms with van der Waals surface area (Å²) in [4.78, 5) is 14.8. The Hall–Kier alpha value is -1.40. The number of hydrogen-bond donors (Lipinski definition) is 1. The van der Waals surface area contributed by atoms with Crippen LogP contribution in [-0.4, -0.2) is 38.4 Å². The minimum atomic E-state index is -3.53. The van der Waals surface area contributed by atoms with Gasteiger partial charge in [-0.25, -0.2) is 13.1 Å². The maximum absolute atomic E-state index is 12.8. The van der Waals surface area contributed by atoms with E-state index in [-0.39, 0.29) is 22.9 Å². The second-order valence-corrected chi connectivity index (χ2v) is 8.70. The highest BCUT2D eigenvalue weighted by molar-refractivity contribution is 7.89. The van der Waals surface area contributed by atoms with Crippen LogP contribution in [-0.2, 0) is 10.0 Å². The van der Waals surface area contributed by atoms with Gasteiger partial charge in [-0.1, -0.05) is 31.7 Å². The van der Waals surface area contributed by atoms with Crippen LogP contribution in [0.5, 0.6) is 0 Å². The summed E-state index contributed by atoms with van der Waals surface area (Å²) < 4.78 is 27.3. The van der Waals surface area contributed by atoms with Crippen molar-refractivity contribution in [2.24, 2.45) is 0 Å². The topological polar surface area (TPSA) is 66.5 Å². The van der Waals surface area contributed by atoms with Gasteiger partial charge in [0.15, 0.2) is 0 Å². The van der Waals surface area contributed by atoms with Crippen LogP contribution in [0, 0.1) is 0 Å². The lowest BCUT2D eigenvalue weighted by Gasteiger charge is -2.27. The molecule has 1 N–H and O–H groups in total. The van der Waals surface area contributed by atoms with Gasteiger partial charge in [0.1, 0.15) is 0 Å². The fourth-order valence-corrected chi connectivity index (χ4v) is 4.65. The molecule has 6 heteroatoms. The SMILES string of the molecule is CN(C(=O)c1cccc(S(=O)(=O)NC2CC2)c1)C1CCCCCC1. The summed E-state index contributed by atoms with van der Waals surface area (Å²) in [6.45, 7) is 0. The fraction of sp³-hybridized carbons (Fsp3) is 0.611. The first-order valence-corrected chi connectivity index (χ1v) is 10.4. The predicted molar refractivity (Wildman–Crippen MR) is 93.4 cm³/mol. The molecule has 0 unspecified atom stereocenters. The van der Waals surface area contributed by atoms with Crippen LogP contribution in [0.15, 0.2) is 29.2 Å². The molecule has 1 aromatic carbocycles. The summed E-state index contributed by atoms with van der Waals surface area (Å²) >= 11 is 0. The van der Waals surface area contributed by atoms with Gasteiger partial charge in [-0.05, 0) is 43.9 Å². The lowest BCUT2D eigenvalue weighted by atomic mass is 10.1. The molecule has 1 amide bonds. The Balaban J connectivity index is 1.75. The van der Waals surface area contributed by atoms with Gasteiger partial charge < -0.3 is 4.90 Å². The van der Waals surface area contributed by atoms with Crippen molar-refractivity contribution in [1.82, 2.24) is 9.62 Å². The van der Waals surface area contributed by atoms with Crippen molar-refractivity contribution in [1.29, 1.82) is 0 Å². The average Bonchev–Trinajstić information content (AvgIpc) is 3.40. The molecular formula is C18H26N2O3S. The molecule has 24 heavy (non-hydrogen) atoms. The van der Waals surface area contributed by atoms with E-state index in [9.17, 15) is 13.2 Å². The molecule has 1 aromatic rings. The van der Waals surface area contributed by atoms with E-state index >= 15 is 0 Å². The molecule has 0 saturated heterocycles. The van der Waals surface area contributed by atoms with Crippen molar-refractivity contribution in [3.8, 4) is 0 Å². The third kappa shape index (κ3) is 4.16. The third-order valence-corrected chi connectivity index (χ3v) is 6.50. The molecule has 0 atom stereocenters. The van der Waals surface area contributed by atoms with E-state index in [1.807, 2.05) is 7.05 Å². The van der Waals surface area contributed by atoms with E-state index in [0.29, 0.717) is 5.56 Å². The summed E-state index contributed by atoms with van der Waals surface area (Å²) in [5.41, 5.74) is 0.445. The molecule has 0 spiro atoms. The lowest BCUT2D eigenvalue weighted by molar-refractivity contribution is 0.0717. The summed E-state index contributed by atoms with van der Waals surface area (Å²) in [6.07, 6.45) is 8.62. The van der Waals surface area contributed by atoms with Crippen molar-refractivity contribution in [3.63, 3.8) is 0 Å². The second kappa shape index (κ2) is 7.23. The number of nitrogens with zero attached hydrogens (tertiary/aromatic N) is 1. The number of amides is 1. The number of nitrogens with one attached hydrogen (secondary N) is 1. The van der Waals surface area contributed by atoms with Crippen LogP contribution in [0.2, 0.25) is 0 Å². The largest absolute Gasteiger partial charge is 0.339 e. The van der Waals surface area contributed by atoms with Gasteiger partial charge >= 0.3 is 0 Å². The Morgan fingerprint density at radius 1 is 1.08 bits per heavy atom. The monoisotopic (exact) mass is 350 g/mol. The molecule has 5 nitrogen and oxygen atoms in total. The molecule has 2 fully saturated rings. The zero-order chi connectivity index (χ0) is 17.2. The molecule has 0 radical (unpaired) electrons. The number of rotatable bonds is 5. The normalized spacial score (nSPS) is 19.7. The van der Waals surface area contributed by atoms with Crippen molar-refractivity contribution in [2.75, 3.05) is 7.05 Å². The Kier molecular flexibility index (Phi) is 5.25. The van der Waals surface area contributed by atoms with E-state index in [2.05, 4.69) is 4.72 Å². The van der Waals surface area contributed by atoms with E-state index < -0.39 is 10.0 Å². The molecule has 0 aromatic heterocycles. The quantitative estimate of drug-likeness (QED) is 0.830. The Morgan fingerprint density at radius 2 is 1.75 bits per heavy atom. The summed E-state index contributed by atoms with van der Waals surface area (Å²) in [5, 5.41) is 0. The smallest absolute Gasteiger partial charge is 0.253 e. The van der Waals surface area contributed by atoms with Crippen molar-refractivity contribution >= 4 is 15.9 Å². The average molecular weight is 350 g/mol. The van der Waals surface area contributed by atoms with E-state index in [0.717, 1.165) is 38.5 Å². The van der Waals surface area contributed by atoms with Gasteiger partial charge in [0.25, 0.3) is 5.91 Å². The molecule has 3 rings (SSSR count). The maximum Gasteiger partial charge on any atom is 0.253 e. The van der Waals surface area contributed by atoms with Crippen LogP contribution in [0.1, 0.15) is 61.7 Å². The minimum Gasteiger partial charge on any atom is -0.339 e. The van der Waals surface area contributed by atoms with Gasteiger partial charge in [0.05, 0.1) is 4.90 Å². The number of benzene rings is 1. The summed E-state index contributed by atoms with van der Waals surface area (Å²) in [6, 6.07) is 6.71. The van der Waals surface area contributed by atoms with Crippen molar-refractivity contribution in [3.05, 3.63) is 29.8 Å². The molecule has 0 heterocycles. The van der Waals surface area contributed by atoms with E-state index in [1.54, 1.807) is 23.1 Å². The predicted octanol–water partition coefficient (Wildman–Crippen LogP) is 2.92. The Bertz CT molecular complexity index is 690. The van der Waals surface area contributed by atoms with Crippen LogP contribution in [0.4, 0.5) is 0 Å². The van der Waals surface area contributed by atoms with Crippen LogP contribution in [0.25, 0.3) is 0 Å². The summed E-state index contributed by atoms with van der Waals surface area (Å²) in [7, 11) is -1.69. The molecule has 0 bridgehead atoms. The number of carbonyl (C=O) groups excluding carboxylic acids is 1. The van der Waals surface area contributed by atoms with Gasteiger partial charge in [0, 0.05) is 24.7 Å². The summed E-state index contributed by atoms with van der Waals surface area (Å²) in [5.74, 6) is -0.0922. The van der Waals surface area contributed by atoms with Crippen molar-refractivity contribution in [2.45, 2.75) is 68.3 Å². The molecule has 0 aliphatic heterocycles. The molecule has 2 aliphatic carbocycles. The molecule has 2 aliphatic rings. The van der Waals surface area contributed by atoms with Crippen LogP contribution in [0.3, 0.4) is 0 Å². The fourth-order valence-electron chi connectivity index (χ4n) is 3.30. The highest BCUT2D eigenvalue weighted by atomic mass is 32.2. The van der Waals surface area contributed by atoms with Gasteiger partial charge in [0.2, 0.25) is 10.0 Å². The van der Waals surface area contributed by atoms with E-state index in [1.165, 1.54) is 18.9 Å². The first-order chi connectivity index (χ1) is 11.5. The highest BCUT2D eigenvalue weighted by Crippen LogP contribution is 2.24. The Labute approximate surface area is 144 Å². The molecule has 132 valence electrons. The van der Waals surface area contributed by atoms with Gasteiger partial charge in [-0.2, -0.15) is 0 Å². The first-order valence-electron chi connectivity index (χ1n) is 8.87. The zero-order valence-corrected chi connectivity index (χ0v) is 15.0. The zero-order valence-electron chi connectivity index (χ0n) is 14.2. The van der Waals surface area contributed by atoms with Gasteiger partial charge in [-0.3, -0.25) is 4.79 Å². The Morgan fingerprint density at radius 3 is 2.38 bits per heavy atom. The lowest BCUT2D eigenvalue weighted by Crippen LogP contribution is -2.36. The van der Waals surface area contributed by atoms with Crippen LogP contribution >= 0.6 is 0 Å². The number of sulfonamides is 1. The number of carbonyl (C=O) groups is 1. The standard InChI is InChI=1S/C18H26N2O3S/c1-20(16-8-4-2-3-5-9-16)18(21)14-7-6-10-17(13-14)24(22,23)19-15-11-12-15/h6-7,10,13,15-16,19H,2-5,8-9,11-12H2,1H3. The molecule has 2 saturated carbocycles.